The molecule has 24 heavy (non-hydrogen) atoms. The highest BCUT2D eigenvalue weighted by atomic mass is 32.2. The number of carbonyl (C=O) groups is 1. The number of methoxy groups -OCH3 is 1. The lowest BCUT2D eigenvalue weighted by atomic mass is 10.1. The van der Waals surface area contributed by atoms with E-state index in [1.165, 1.54) is 31.4 Å². The SMILES string of the molecule is COc1ccc(C)cc1NC(=O)c1ccc(S(=O)(=O)C(C)C)cc1. The highest BCUT2D eigenvalue weighted by molar-refractivity contribution is 7.92. The van der Waals surface area contributed by atoms with Gasteiger partial charge in [0.1, 0.15) is 5.75 Å². The summed E-state index contributed by atoms with van der Waals surface area (Å²) in [5.74, 6) is 0.236. The van der Waals surface area contributed by atoms with Gasteiger partial charge in [0.25, 0.3) is 5.91 Å². The molecule has 2 rings (SSSR count). The van der Waals surface area contributed by atoms with Crippen LogP contribution in [0.4, 0.5) is 5.69 Å². The van der Waals surface area contributed by atoms with Crippen molar-refractivity contribution in [2.75, 3.05) is 12.4 Å². The first-order chi connectivity index (χ1) is 11.3. The molecule has 6 heteroatoms. The van der Waals surface area contributed by atoms with Crippen LogP contribution in [0.25, 0.3) is 0 Å². The second-order valence-corrected chi connectivity index (χ2v) is 8.28. The number of amides is 1. The third kappa shape index (κ3) is 3.76. The molecule has 0 fully saturated rings. The molecule has 0 saturated carbocycles. The van der Waals surface area contributed by atoms with E-state index >= 15 is 0 Å². The van der Waals surface area contributed by atoms with Crippen LogP contribution in [-0.2, 0) is 9.84 Å². The number of rotatable bonds is 5. The standard InChI is InChI=1S/C18H21NO4S/c1-12(2)24(21,22)15-8-6-14(7-9-15)18(20)19-16-11-13(3)5-10-17(16)23-4/h5-12H,1-4H3,(H,19,20). The topological polar surface area (TPSA) is 72.5 Å². The highest BCUT2D eigenvalue weighted by Crippen LogP contribution is 2.26. The molecule has 1 N–H and O–H groups in total. The molecule has 0 aromatic heterocycles. The van der Waals surface area contributed by atoms with Crippen molar-refractivity contribution in [3.63, 3.8) is 0 Å². The van der Waals surface area contributed by atoms with E-state index in [1.807, 2.05) is 19.1 Å². The molecule has 128 valence electrons. The molecular weight excluding hydrogens is 326 g/mol. The molecule has 2 aromatic carbocycles. The van der Waals surface area contributed by atoms with Crippen molar-refractivity contribution >= 4 is 21.4 Å². The van der Waals surface area contributed by atoms with Crippen molar-refractivity contribution in [1.29, 1.82) is 0 Å². The molecule has 0 bridgehead atoms. The van der Waals surface area contributed by atoms with Gasteiger partial charge in [-0.3, -0.25) is 4.79 Å². The van der Waals surface area contributed by atoms with Gasteiger partial charge in [0.15, 0.2) is 9.84 Å². The fourth-order valence-electron chi connectivity index (χ4n) is 2.18. The van der Waals surface area contributed by atoms with Gasteiger partial charge in [-0.1, -0.05) is 6.07 Å². The van der Waals surface area contributed by atoms with Crippen LogP contribution in [0.2, 0.25) is 0 Å². The van der Waals surface area contributed by atoms with E-state index in [0.29, 0.717) is 17.0 Å². The number of aryl methyl sites for hydroxylation is 1. The monoisotopic (exact) mass is 347 g/mol. The van der Waals surface area contributed by atoms with Gasteiger partial charge >= 0.3 is 0 Å². The molecule has 5 nitrogen and oxygen atoms in total. The van der Waals surface area contributed by atoms with Crippen LogP contribution in [0.1, 0.15) is 29.8 Å². The summed E-state index contributed by atoms with van der Waals surface area (Å²) >= 11 is 0. The summed E-state index contributed by atoms with van der Waals surface area (Å²) in [6.07, 6.45) is 0. The minimum absolute atomic E-state index is 0.210. The second-order valence-electron chi connectivity index (χ2n) is 5.78. The molecule has 1 amide bonds. The van der Waals surface area contributed by atoms with E-state index in [-0.39, 0.29) is 10.8 Å². The number of anilines is 1. The zero-order chi connectivity index (χ0) is 17.9. The lowest BCUT2D eigenvalue weighted by Crippen LogP contribution is -2.15. The van der Waals surface area contributed by atoms with Gasteiger partial charge < -0.3 is 10.1 Å². The Balaban J connectivity index is 2.24. The summed E-state index contributed by atoms with van der Waals surface area (Å²) in [4.78, 5) is 12.6. The van der Waals surface area contributed by atoms with E-state index in [1.54, 1.807) is 19.9 Å². The van der Waals surface area contributed by atoms with Crippen molar-refractivity contribution in [2.24, 2.45) is 0 Å². The largest absolute Gasteiger partial charge is 0.495 e. The van der Waals surface area contributed by atoms with Gasteiger partial charge in [-0.15, -0.1) is 0 Å². The van der Waals surface area contributed by atoms with Crippen LogP contribution in [-0.4, -0.2) is 26.7 Å². The average Bonchev–Trinajstić information content (AvgIpc) is 2.55. The van der Waals surface area contributed by atoms with Crippen LogP contribution < -0.4 is 10.1 Å². The van der Waals surface area contributed by atoms with Crippen molar-refractivity contribution in [1.82, 2.24) is 0 Å². The molecule has 0 aliphatic heterocycles. The normalized spacial score (nSPS) is 11.4. The maximum atomic E-state index is 12.4. The minimum atomic E-state index is -3.35. The van der Waals surface area contributed by atoms with Crippen LogP contribution in [0.15, 0.2) is 47.4 Å². The third-order valence-electron chi connectivity index (χ3n) is 3.67. The molecule has 0 aliphatic carbocycles. The van der Waals surface area contributed by atoms with Crippen molar-refractivity contribution in [3.05, 3.63) is 53.6 Å². The summed E-state index contributed by atoms with van der Waals surface area (Å²) in [7, 11) is -1.81. The summed E-state index contributed by atoms with van der Waals surface area (Å²) in [5, 5.41) is 2.28. The Morgan fingerprint density at radius 2 is 1.71 bits per heavy atom. The molecular formula is C18H21NO4S. The van der Waals surface area contributed by atoms with Crippen molar-refractivity contribution < 1.29 is 17.9 Å². The molecule has 0 radical (unpaired) electrons. The van der Waals surface area contributed by atoms with Gasteiger partial charge in [-0.05, 0) is 62.7 Å². The van der Waals surface area contributed by atoms with Gasteiger partial charge in [-0.2, -0.15) is 0 Å². The van der Waals surface area contributed by atoms with E-state index < -0.39 is 15.1 Å². The van der Waals surface area contributed by atoms with Gasteiger partial charge in [-0.25, -0.2) is 8.42 Å². The fraction of sp³-hybridized carbons (Fsp3) is 0.278. The predicted molar refractivity (Wildman–Crippen MR) is 94.4 cm³/mol. The number of carbonyl (C=O) groups excluding carboxylic acids is 1. The maximum absolute atomic E-state index is 12.4. The molecule has 2 aromatic rings. The lowest BCUT2D eigenvalue weighted by Gasteiger charge is -2.12. The minimum Gasteiger partial charge on any atom is -0.495 e. The molecule has 0 aliphatic rings. The zero-order valence-corrected chi connectivity index (χ0v) is 15.0. The molecule has 0 saturated heterocycles. The summed E-state index contributed by atoms with van der Waals surface area (Å²) in [6, 6.07) is 11.4. The molecule has 0 unspecified atom stereocenters. The van der Waals surface area contributed by atoms with E-state index in [4.69, 9.17) is 4.74 Å². The number of benzene rings is 2. The summed E-state index contributed by atoms with van der Waals surface area (Å²) in [6.45, 7) is 5.17. The Morgan fingerprint density at radius 1 is 1.08 bits per heavy atom. The third-order valence-corrected chi connectivity index (χ3v) is 5.84. The number of nitrogens with one attached hydrogen (secondary N) is 1. The van der Waals surface area contributed by atoms with Crippen LogP contribution in [0.5, 0.6) is 5.75 Å². The molecule has 0 spiro atoms. The van der Waals surface area contributed by atoms with Crippen LogP contribution in [0.3, 0.4) is 0 Å². The average molecular weight is 347 g/mol. The summed E-state index contributed by atoms with van der Waals surface area (Å²) < 4.78 is 29.4. The number of hydrogen-bond donors (Lipinski definition) is 1. The number of ether oxygens (including phenoxy) is 1. The Labute approximate surface area is 142 Å². The Bertz CT molecular complexity index is 840. The Morgan fingerprint density at radius 3 is 2.25 bits per heavy atom. The van der Waals surface area contributed by atoms with Gasteiger partial charge in [0.2, 0.25) is 0 Å². The smallest absolute Gasteiger partial charge is 0.255 e. The van der Waals surface area contributed by atoms with E-state index in [2.05, 4.69) is 5.32 Å². The zero-order valence-electron chi connectivity index (χ0n) is 14.2. The molecule has 0 heterocycles. The van der Waals surface area contributed by atoms with E-state index in [0.717, 1.165) is 5.56 Å². The number of sulfone groups is 1. The molecule has 0 atom stereocenters. The lowest BCUT2D eigenvalue weighted by molar-refractivity contribution is 0.102. The fourth-order valence-corrected chi connectivity index (χ4v) is 3.24. The summed E-state index contributed by atoms with van der Waals surface area (Å²) in [5.41, 5.74) is 1.94. The van der Waals surface area contributed by atoms with Gasteiger partial charge in [0, 0.05) is 5.56 Å². The first kappa shape index (κ1) is 18.0. The van der Waals surface area contributed by atoms with Crippen molar-refractivity contribution in [3.8, 4) is 5.75 Å². The number of hydrogen-bond acceptors (Lipinski definition) is 4. The van der Waals surface area contributed by atoms with Crippen LogP contribution in [0, 0.1) is 6.92 Å². The van der Waals surface area contributed by atoms with Crippen LogP contribution >= 0.6 is 0 Å². The first-order valence-corrected chi connectivity index (χ1v) is 9.10. The Kier molecular flexibility index (Phi) is 5.29. The highest BCUT2D eigenvalue weighted by Gasteiger charge is 2.19. The quantitative estimate of drug-likeness (QED) is 0.899. The predicted octanol–water partition coefficient (Wildman–Crippen LogP) is 3.44. The first-order valence-electron chi connectivity index (χ1n) is 7.55. The van der Waals surface area contributed by atoms with Gasteiger partial charge in [0.05, 0.1) is 22.9 Å². The maximum Gasteiger partial charge on any atom is 0.255 e. The Hall–Kier alpha value is -2.34. The second kappa shape index (κ2) is 7.05. The van der Waals surface area contributed by atoms with Crippen molar-refractivity contribution in [2.45, 2.75) is 30.9 Å². The van der Waals surface area contributed by atoms with E-state index in [9.17, 15) is 13.2 Å².